The molecule has 2 saturated heterocycles. The van der Waals surface area contributed by atoms with Crippen molar-refractivity contribution in [2.75, 3.05) is 0 Å². The summed E-state index contributed by atoms with van der Waals surface area (Å²) in [5.74, 6) is 1.14. The van der Waals surface area contributed by atoms with Crippen molar-refractivity contribution < 1.29 is 14.3 Å². The lowest BCUT2D eigenvalue weighted by Crippen LogP contribution is -2.67. The van der Waals surface area contributed by atoms with E-state index in [1.54, 1.807) is 6.26 Å². The van der Waals surface area contributed by atoms with Gasteiger partial charge in [0.1, 0.15) is 5.76 Å². The normalized spacial score (nSPS) is 27.1. The second-order valence-electron chi connectivity index (χ2n) is 8.91. The molecule has 1 saturated carbocycles. The molecule has 2 aliphatic heterocycles. The Balaban J connectivity index is 1.42. The predicted octanol–water partition coefficient (Wildman–Crippen LogP) is 4.83. The molecule has 4 heterocycles. The minimum absolute atomic E-state index is 0.0887. The predicted molar refractivity (Wildman–Crippen MR) is 113 cm³/mol. The molecule has 2 aromatic heterocycles. The lowest BCUT2D eigenvalue weighted by atomic mass is 9.66. The van der Waals surface area contributed by atoms with E-state index in [9.17, 15) is 9.90 Å². The van der Waals surface area contributed by atoms with Crippen LogP contribution in [0.4, 0.5) is 0 Å². The Morgan fingerprint density at radius 3 is 2.86 bits per heavy atom. The standard InChI is InChI=1S/C24H28N2O3/c1-3-16-11-24(28)12-17(13-24)26(16)22(27)10-15(2)19-14-25-20-7-4-6-18(23(19)20)21-8-5-9-29-21/h4-9,14-17,25,28H,3,10-13H2,1-2H3. The maximum atomic E-state index is 13.3. The number of aromatic amines is 1. The smallest absolute Gasteiger partial charge is 0.223 e. The number of nitrogens with zero attached hydrogens (tertiary/aromatic N) is 1. The lowest BCUT2D eigenvalue weighted by molar-refractivity contribution is -0.178. The van der Waals surface area contributed by atoms with Crippen LogP contribution in [-0.4, -0.2) is 38.6 Å². The number of hydrogen-bond acceptors (Lipinski definition) is 3. The number of amides is 1. The number of fused-ring (bicyclic) bond motifs is 3. The monoisotopic (exact) mass is 392 g/mol. The number of carbonyl (C=O) groups excluding carboxylic acids is 1. The van der Waals surface area contributed by atoms with Crippen LogP contribution in [0, 0.1) is 0 Å². The number of hydrogen-bond donors (Lipinski definition) is 2. The summed E-state index contributed by atoms with van der Waals surface area (Å²) < 4.78 is 5.65. The zero-order valence-electron chi connectivity index (χ0n) is 17.0. The summed E-state index contributed by atoms with van der Waals surface area (Å²) in [5.41, 5.74) is 2.73. The fourth-order valence-electron chi connectivity index (χ4n) is 5.48. The fourth-order valence-corrected chi connectivity index (χ4v) is 5.48. The van der Waals surface area contributed by atoms with Gasteiger partial charge < -0.3 is 19.4 Å². The Morgan fingerprint density at radius 1 is 1.31 bits per heavy atom. The van der Waals surface area contributed by atoms with Gasteiger partial charge >= 0.3 is 0 Å². The van der Waals surface area contributed by atoms with E-state index in [1.165, 1.54) is 0 Å². The van der Waals surface area contributed by atoms with Crippen LogP contribution in [0.2, 0.25) is 0 Å². The Hall–Kier alpha value is -2.53. The van der Waals surface area contributed by atoms with Crippen molar-refractivity contribution in [3.05, 3.63) is 48.4 Å². The highest BCUT2D eigenvalue weighted by atomic mass is 16.3. The van der Waals surface area contributed by atoms with E-state index < -0.39 is 5.60 Å². The highest BCUT2D eigenvalue weighted by Crippen LogP contribution is 2.47. The SMILES string of the molecule is CCC1CC2(O)CC(C2)N1C(=O)CC(C)c1c[nH]c2cccc(-c3ccco3)c12. The minimum Gasteiger partial charge on any atom is -0.464 e. The largest absolute Gasteiger partial charge is 0.464 e. The molecule has 0 spiro atoms. The van der Waals surface area contributed by atoms with Crippen LogP contribution < -0.4 is 0 Å². The van der Waals surface area contributed by atoms with Crippen LogP contribution in [0.5, 0.6) is 0 Å². The summed E-state index contributed by atoms with van der Waals surface area (Å²) in [6.45, 7) is 4.24. The number of aliphatic hydroxyl groups is 1. The van der Waals surface area contributed by atoms with Gasteiger partial charge in [-0.05, 0) is 55.4 Å². The van der Waals surface area contributed by atoms with Crippen LogP contribution in [-0.2, 0) is 4.79 Å². The van der Waals surface area contributed by atoms with Gasteiger partial charge in [-0.25, -0.2) is 0 Å². The minimum atomic E-state index is -0.525. The van der Waals surface area contributed by atoms with Crippen LogP contribution in [0.1, 0.15) is 57.4 Å². The average Bonchev–Trinajstić information content (AvgIpc) is 3.36. The van der Waals surface area contributed by atoms with Crippen molar-refractivity contribution in [3.63, 3.8) is 0 Å². The molecule has 1 amide bonds. The lowest BCUT2D eigenvalue weighted by Gasteiger charge is -2.58. The van der Waals surface area contributed by atoms with E-state index in [4.69, 9.17) is 4.42 Å². The molecule has 2 atom stereocenters. The summed E-state index contributed by atoms with van der Waals surface area (Å²) in [6, 6.07) is 10.4. The van der Waals surface area contributed by atoms with Crippen molar-refractivity contribution in [2.45, 2.75) is 69.6 Å². The summed E-state index contributed by atoms with van der Waals surface area (Å²) in [6.07, 6.45) is 7.28. The van der Waals surface area contributed by atoms with E-state index in [1.807, 2.05) is 24.4 Å². The molecule has 5 heteroatoms. The third-order valence-electron chi connectivity index (χ3n) is 6.93. The van der Waals surface area contributed by atoms with Gasteiger partial charge in [-0.3, -0.25) is 4.79 Å². The molecule has 3 aromatic rings. The number of benzene rings is 1. The first-order valence-electron chi connectivity index (χ1n) is 10.7. The van der Waals surface area contributed by atoms with Gasteiger partial charge in [0.15, 0.2) is 0 Å². The number of H-pyrrole nitrogens is 1. The van der Waals surface area contributed by atoms with Gasteiger partial charge in [-0.1, -0.05) is 26.0 Å². The number of aromatic nitrogens is 1. The first-order valence-corrected chi connectivity index (χ1v) is 10.7. The second kappa shape index (κ2) is 6.77. The fraction of sp³-hybridized carbons (Fsp3) is 0.458. The van der Waals surface area contributed by atoms with Crippen molar-refractivity contribution in [1.82, 2.24) is 9.88 Å². The molecule has 1 aromatic carbocycles. The van der Waals surface area contributed by atoms with Crippen LogP contribution in [0.15, 0.2) is 47.2 Å². The van der Waals surface area contributed by atoms with Crippen LogP contribution >= 0.6 is 0 Å². The molecule has 5 nitrogen and oxygen atoms in total. The summed E-state index contributed by atoms with van der Waals surface area (Å²) in [7, 11) is 0. The molecule has 29 heavy (non-hydrogen) atoms. The number of nitrogens with one attached hydrogen (secondary N) is 1. The summed E-state index contributed by atoms with van der Waals surface area (Å²) >= 11 is 0. The number of carbonyl (C=O) groups is 1. The first-order chi connectivity index (χ1) is 14.0. The molecule has 3 aliphatic rings. The third kappa shape index (κ3) is 2.99. The zero-order chi connectivity index (χ0) is 20.2. The summed E-state index contributed by atoms with van der Waals surface area (Å²) in [4.78, 5) is 18.7. The van der Waals surface area contributed by atoms with Gasteiger partial charge in [-0.2, -0.15) is 0 Å². The van der Waals surface area contributed by atoms with Crippen molar-refractivity contribution in [3.8, 4) is 11.3 Å². The van der Waals surface area contributed by atoms with E-state index >= 15 is 0 Å². The quantitative estimate of drug-likeness (QED) is 0.654. The Morgan fingerprint density at radius 2 is 2.14 bits per heavy atom. The Kier molecular flexibility index (Phi) is 4.32. The van der Waals surface area contributed by atoms with Crippen molar-refractivity contribution in [1.29, 1.82) is 0 Å². The van der Waals surface area contributed by atoms with Gasteiger partial charge in [0.2, 0.25) is 5.91 Å². The highest BCUT2D eigenvalue weighted by molar-refractivity contribution is 5.97. The molecule has 6 rings (SSSR count). The molecule has 0 radical (unpaired) electrons. The molecular weight excluding hydrogens is 364 g/mol. The average molecular weight is 392 g/mol. The first kappa shape index (κ1) is 18.5. The van der Waals surface area contributed by atoms with Crippen molar-refractivity contribution in [2.24, 2.45) is 0 Å². The summed E-state index contributed by atoms with van der Waals surface area (Å²) in [5, 5.41) is 11.6. The maximum absolute atomic E-state index is 13.3. The second-order valence-corrected chi connectivity index (χ2v) is 8.91. The van der Waals surface area contributed by atoms with Crippen LogP contribution in [0.25, 0.3) is 22.2 Å². The molecule has 3 fully saturated rings. The molecule has 2 unspecified atom stereocenters. The van der Waals surface area contributed by atoms with Gasteiger partial charge in [0, 0.05) is 41.2 Å². The topological polar surface area (TPSA) is 69.5 Å². The van der Waals surface area contributed by atoms with E-state index in [-0.39, 0.29) is 23.9 Å². The van der Waals surface area contributed by atoms with Crippen molar-refractivity contribution >= 4 is 16.8 Å². The van der Waals surface area contributed by atoms with Gasteiger partial charge in [0.05, 0.1) is 11.9 Å². The number of piperidine rings is 2. The Bertz CT molecular complexity index is 1030. The zero-order valence-corrected chi connectivity index (χ0v) is 17.0. The molecule has 2 bridgehead atoms. The molecule has 2 N–H and O–H groups in total. The Labute approximate surface area is 170 Å². The number of furan rings is 1. The van der Waals surface area contributed by atoms with E-state index in [2.05, 4.69) is 35.9 Å². The highest BCUT2D eigenvalue weighted by Gasteiger charge is 2.54. The van der Waals surface area contributed by atoms with E-state index in [0.29, 0.717) is 6.42 Å². The third-order valence-corrected chi connectivity index (χ3v) is 6.93. The molecule has 152 valence electrons. The van der Waals surface area contributed by atoms with Crippen LogP contribution in [0.3, 0.4) is 0 Å². The number of rotatable bonds is 5. The van der Waals surface area contributed by atoms with Gasteiger partial charge in [0.25, 0.3) is 0 Å². The van der Waals surface area contributed by atoms with Gasteiger partial charge in [-0.15, -0.1) is 0 Å². The van der Waals surface area contributed by atoms with E-state index in [0.717, 1.165) is 53.5 Å². The molecular formula is C24H28N2O3. The maximum Gasteiger partial charge on any atom is 0.223 e. The molecule has 1 aliphatic carbocycles.